The number of hydrogen-bond acceptors (Lipinski definition) is 0. The molecule has 0 saturated heterocycles. The molecular formula is C65H90. The van der Waals surface area contributed by atoms with Crippen molar-refractivity contribution in [3.8, 4) is 23.7 Å². The second-order valence-electron chi connectivity index (χ2n) is 20.1. The van der Waals surface area contributed by atoms with Crippen LogP contribution in [0.15, 0.2) is 97.1 Å². The lowest BCUT2D eigenvalue weighted by Crippen LogP contribution is -2.12. The summed E-state index contributed by atoms with van der Waals surface area (Å²) in [7, 11) is 0. The van der Waals surface area contributed by atoms with Crippen molar-refractivity contribution in [1.82, 2.24) is 0 Å². The van der Waals surface area contributed by atoms with Crippen LogP contribution in [0, 0.1) is 35.5 Å². The number of aryl methyl sites for hydroxylation is 4. The zero-order valence-electron chi connectivity index (χ0n) is 42.1. The van der Waals surface area contributed by atoms with Gasteiger partial charge in [-0.3, -0.25) is 0 Å². The van der Waals surface area contributed by atoms with Crippen molar-refractivity contribution >= 4 is 0 Å². The highest BCUT2D eigenvalue weighted by molar-refractivity contribution is 5.38. The Bertz CT molecular complexity index is 1920. The maximum absolute atomic E-state index is 3.59. The summed E-state index contributed by atoms with van der Waals surface area (Å²) in [5, 5.41) is 0. The molecule has 0 heterocycles. The number of benzene rings is 4. The molecule has 0 unspecified atom stereocenters. The maximum atomic E-state index is 3.59. The second kappa shape index (κ2) is 31.8. The first-order valence-electron chi connectivity index (χ1n) is 27.4. The lowest BCUT2D eigenvalue weighted by atomic mass is 9.78. The van der Waals surface area contributed by atoms with Gasteiger partial charge in [-0.05, 0) is 172 Å². The third kappa shape index (κ3) is 20.6. The molecule has 0 radical (unpaired) electrons. The minimum Gasteiger partial charge on any atom is -0.0945 e. The SMILES string of the molecule is CCCCCCCCc1ccc(C#CC2CCC(c3ccc(CCCC)cc3)CC2)cc1.CCCCCCCCc1ccc(C#CC2CCC(c3ccc(CCCCC)cc3)CC2)cc1. The van der Waals surface area contributed by atoms with Crippen LogP contribution in [-0.2, 0) is 25.7 Å². The van der Waals surface area contributed by atoms with Crippen LogP contribution in [0.4, 0.5) is 0 Å². The first-order chi connectivity index (χ1) is 32.1. The molecule has 0 aliphatic heterocycles. The fourth-order valence-corrected chi connectivity index (χ4v) is 10.1. The minimum atomic E-state index is 0.567. The zero-order valence-corrected chi connectivity index (χ0v) is 42.1. The first kappa shape index (κ1) is 52.0. The molecule has 0 amide bonds. The Kier molecular flexibility index (Phi) is 25.5. The van der Waals surface area contributed by atoms with E-state index in [1.165, 1.54) is 225 Å². The van der Waals surface area contributed by atoms with E-state index >= 15 is 0 Å². The van der Waals surface area contributed by atoms with Gasteiger partial charge in [0.1, 0.15) is 0 Å². The fraction of sp³-hybridized carbons (Fsp3) is 0.569. The Morgan fingerprint density at radius 1 is 0.308 bits per heavy atom. The van der Waals surface area contributed by atoms with Crippen molar-refractivity contribution < 1.29 is 0 Å². The molecule has 0 nitrogen and oxygen atoms in total. The smallest absolute Gasteiger partial charge is 0.0245 e. The van der Waals surface area contributed by atoms with Crippen LogP contribution < -0.4 is 0 Å². The molecular weight excluding hydrogens is 781 g/mol. The molecule has 2 aliphatic rings. The molecule has 4 aromatic rings. The van der Waals surface area contributed by atoms with Gasteiger partial charge >= 0.3 is 0 Å². The summed E-state index contributed by atoms with van der Waals surface area (Å²) in [6, 6.07) is 37.1. The largest absolute Gasteiger partial charge is 0.0945 e. The topological polar surface area (TPSA) is 0 Å². The molecule has 2 saturated carbocycles. The van der Waals surface area contributed by atoms with Crippen molar-refractivity contribution in [1.29, 1.82) is 0 Å². The van der Waals surface area contributed by atoms with Crippen LogP contribution in [0.2, 0.25) is 0 Å². The minimum absolute atomic E-state index is 0.567. The lowest BCUT2D eigenvalue weighted by Gasteiger charge is -2.26. The second-order valence-corrected chi connectivity index (χ2v) is 20.1. The van der Waals surface area contributed by atoms with Crippen LogP contribution in [-0.4, -0.2) is 0 Å². The molecule has 0 heteroatoms. The van der Waals surface area contributed by atoms with E-state index in [1.807, 2.05) is 0 Å². The number of unbranched alkanes of at least 4 members (excludes halogenated alkanes) is 13. The van der Waals surface area contributed by atoms with E-state index in [0.717, 1.165) is 11.8 Å². The van der Waals surface area contributed by atoms with Crippen molar-refractivity contribution in [2.45, 2.75) is 226 Å². The first-order valence-corrected chi connectivity index (χ1v) is 27.4. The van der Waals surface area contributed by atoms with Crippen molar-refractivity contribution in [2.75, 3.05) is 0 Å². The Balaban J connectivity index is 0.000000244. The summed E-state index contributed by atoms with van der Waals surface area (Å²) < 4.78 is 0. The molecule has 2 fully saturated rings. The van der Waals surface area contributed by atoms with E-state index in [4.69, 9.17) is 0 Å². The molecule has 0 aromatic heterocycles. The Labute approximate surface area is 401 Å². The molecule has 0 spiro atoms. The predicted molar refractivity (Wildman–Crippen MR) is 285 cm³/mol. The van der Waals surface area contributed by atoms with Crippen LogP contribution in [0.5, 0.6) is 0 Å². The fourth-order valence-electron chi connectivity index (χ4n) is 10.1. The quantitative estimate of drug-likeness (QED) is 0.0515. The van der Waals surface area contributed by atoms with Gasteiger partial charge in [0.2, 0.25) is 0 Å². The van der Waals surface area contributed by atoms with Gasteiger partial charge in [0.15, 0.2) is 0 Å². The summed E-state index contributed by atoms with van der Waals surface area (Å²) in [6.07, 6.45) is 37.9. The molecule has 0 atom stereocenters. The van der Waals surface area contributed by atoms with Crippen molar-refractivity contribution in [3.05, 3.63) is 142 Å². The molecule has 4 aromatic carbocycles. The average molecular weight is 871 g/mol. The number of hydrogen-bond donors (Lipinski definition) is 0. The normalized spacial score (nSPS) is 18.1. The molecule has 0 bridgehead atoms. The average Bonchev–Trinajstić information content (AvgIpc) is 3.36. The van der Waals surface area contributed by atoms with Gasteiger partial charge < -0.3 is 0 Å². The number of rotatable bonds is 23. The summed E-state index contributed by atoms with van der Waals surface area (Å²) >= 11 is 0. The van der Waals surface area contributed by atoms with Gasteiger partial charge in [-0.2, -0.15) is 0 Å². The van der Waals surface area contributed by atoms with E-state index in [-0.39, 0.29) is 0 Å². The van der Waals surface area contributed by atoms with Gasteiger partial charge in [0.05, 0.1) is 0 Å². The van der Waals surface area contributed by atoms with E-state index in [9.17, 15) is 0 Å². The van der Waals surface area contributed by atoms with Crippen molar-refractivity contribution in [2.24, 2.45) is 11.8 Å². The highest BCUT2D eigenvalue weighted by Gasteiger charge is 2.22. The third-order valence-electron chi connectivity index (χ3n) is 14.6. The highest BCUT2D eigenvalue weighted by Crippen LogP contribution is 2.37. The van der Waals surface area contributed by atoms with Gasteiger partial charge in [-0.15, -0.1) is 0 Å². The van der Waals surface area contributed by atoms with E-state index in [2.05, 4.69) is 148 Å². The van der Waals surface area contributed by atoms with Gasteiger partial charge in [-0.1, -0.05) is 208 Å². The Morgan fingerprint density at radius 2 is 0.585 bits per heavy atom. The van der Waals surface area contributed by atoms with E-state index < -0.39 is 0 Å². The van der Waals surface area contributed by atoms with E-state index in [0.29, 0.717) is 11.8 Å². The third-order valence-corrected chi connectivity index (χ3v) is 14.6. The Hall–Kier alpha value is -4.00. The predicted octanol–water partition coefficient (Wildman–Crippen LogP) is 18.9. The summed E-state index contributed by atoms with van der Waals surface area (Å²) in [6.45, 7) is 9.10. The molecule has 0 N–H and O–H groups in total. The van der Waals surface area contributed by atoms with Crippen LogP contribution >= 0.6 is 0 Å². The molecule has 350 valence electrons. The zero-order chi connectivity index (χ0) is 45.6. The van der Waals surface area contributed by atoms with Gasteiger partial charge in [0, 0.05) is 23.0 Å². The van der Waals surface area contributed by atoms with Crippen LogP contribution in [0.1, 0.15) is 245 Å². The Morgan fingerprint density at radius 3 is 0.938 bits per heavy atom. The van der Waals surface area contributed by atoms with E-state index in [1.54, 1.807) is 5.56 Å². The summed E-state index contributed by atoms with van der Waals surface area (Å²) in [5.74, 6) is 16.7. The highest BCUT2D eigenvalue weighted by atomic mass is 14.3. The molecule has 6 rings (SSSR count). The standard InChI is InChI=1S/C33H46.C32H44/c1-3-5-7-8-9-11-13-28-14-16-30(17-15-28)18-19-31-22-26-33(27-23-31)32-24-20-29(21-25-32)12-10-6-4-2;1-3-5-7-8-9-10-12-28-13-15-29(16-14-28)17-18-30-21-25-32(26-22-30)31-23-19-27(20-24-31)11-6-4-2/h14-17,20-21,24-25,31,33H,3-13,22-23,26-27H2,1-2H3;13-16,19-20,23-24,30,32H,3-12,21-22,25-26H2,1-2H3. The summed E-state index contributed by atoms with van der Waals surface area (Å²) in [5.41, 5.74) is 11.4. The lowest BCUT2D eigenvalue weighted by molar-refractivity contribution is 0.384. The molecule has 65 heavy (non-hydrogen) atoms. The van der Waals surface area contributed by atoms with Gasteiger partial charge in [0.25, 0.3) is 0 Å². The molecule has 2 aliphatic carbocycles. The van der Waals surface area contributed by atoms with Gasteiger partial charge in [-0.25, -0.2) is 0 Å². The maximum Gasteiger partial charge on any atom is 0.0245 e. The summed E-state index contributed by atoms with van der Waals surface area (Å²) in [4.78, 5) is 0. The van der Waals surface area contributed by atoms with Crippen LogP contribution in [0.25, 0.3) is 0 Å². The monoisotopic (exact) mass is 871 g/mol. The van der Waals surface area contributed by atoms with Crippen LogP contribution in [0.3, 0.4) is 0 Å². The van der Waals surface area contributed by atoms with Crippen molar-refractivity contribution in [3.63, 3.8) is 0 Å².